The van der Waals surface area contributed by atoms with Gasteiger partial charge in [-0.1, -0.05) is 32.0 Å². The molecule has 0 fully saturated rings. The van der Waals surface area contributed by atoms with Gasteiger partial charge in [-0.15, -0.1) is 0 Å². The molecule has 0 bridgehead atoms. The summed E-state index contributed by atoms with van der Waals surface area (Å²) >= 11 is 0. The van der Waals surface area contributed by atoms with Crippen molar-refractivity contribution in [2.75, 3.05) is 4.72 Å². The lowest BCUT2D eigenvalue weighted by Crippen LogP contribution is -2.15. The van der Waals surface area contributed by atoms with Gasteiger partial charge < -0.3 is 14.3 Å². The van der Waals surface area contributed by atoms with Gasteiger partial charge in [-0.25, -0.2) is 4.79 Å². The number of hydrogen-bond donors (Lipinski definition) is 2. The van der Waals surface area contributed by atoms with Gasteiger partial charge in [-0.3, -0.25) is 4.72 Å². The summed E-state index contributed by atoms with van der Waals surface area (Å²) in [5.41, 5.74) is 2.71. The Labute approximate surface area is 175 Å². The van der Waals surface area contributed by atoms with E-state index >= 15 is 0 Å². The second-order valence-electron chi connectivity index (χ2n) is 7.21. The SMILES string of the molecule is Cc1ccc(NS(=O)(=O)c2occc2C(C)C)c(OCc2ccc(C(=O)O)cc2)c1. The first kappa shape index (κ1) is 21.4. The van der Waals surface area contributed by atoms with Crippen molar-refractivity contribution in [3.8, 4) is 5.75 Å². The molecule has 0 aliphatic heterocycles. The van der Waals surface area contributed by atoms with Crippen LogP contribution in [0.25, 0.3) is 0 Å². The number of nitrogens with one attached hydrogen (secondary N) is 1. The molecule has 2 aromatic carbocycles. The Morgan fingerprint density at radius 1 is 1.13 bits per heavy atom. The van der Waals surface area contributed by atoms with Crippen LogP contribution in [0.3, 0.4) is 0 Å². The zero-order valence-electron chi connectivity index (χ0n) is 16.9. The summed E-state index contributed by atoms with van der Waals surface area (Å²) in [4.78, 5) is 11.0. The minimum absolute atomic E-state index is 0.0159. The predicted octanol–water partition coefficient (Wildman–Crippen LogP) is 4.79. The largest absolute Gasteiger partial charge is 0.487 e. The normalized spacial score (nSPS) is 11.5. The van der Waals surface area contributed by atoms with E-state index in [-0.39, 0.29) is 28.9 Å². The van der Waals surface area contributed by atoms with Gasteiger partial charge in [0.25, 0.3) is 10.0 Å². The number of carboxylic acids is 1. The minimum Gasteiger partial charge on any atom is -0.487 e. The summed E-state index contributed by atoms with van der Waals surface area (Å²) in [6, 6.07) is 13.1. The molecule has 0 saturated heterocycles. The van der Waals surface area contributed by atoms with Gasteiger partial charge >= 0.3 is 5.97 Å². The average molecular weight is 429 g/mol. The van der Waals surface area contributed by atoms with Crippen molar-refractivity contribution in [3.63, 3.8) is 0 Å². The van der Waals surface area contributed by atoms with Gasteiger partial charge in [0.05, 0.1) is 17.5 Å². The smallest absolute Gasteiger partial charge is 0.335 e. The maximum Gasteiger partial charge on any atom is 0.335 e. The van der Waals surface area contributed by atoms with Crippen molar-refractivity contribution in [2.45, 2.75) is 38.4 Å². The van der Waals surface area contributed by atoms with Crippen LogP contribution < -0.4 is 9.46 Å². The highest BCUT2D eigenvalue weighted by Crippen LogP contribution is 2.31. The van der Waals surface area contributed by atoms with Crippen LogP contribution >= 0.6 is 0 Å². The highest BCUT2D eigenvalue weighted by atomic mass is 32.2. The molecule has 8 heteroatoms. The number of anilines is 1. The zero-order valence-corrected chi connectivity index (χ0v) is 17.7. The summed E-state index contributed by atoms with van der Waals surface area (Å²) in [6.07, 6.45) is 1.36. The van der Waals surface area contributed by atoms with Gasteiger partial charge in [0.2, 0.25) is 5.09 Å². The van der Waals surface area contributed by atoms with Crippen molar-refractivity contribution < 1.29 is 27.5 Å². The Morgan fingerprint density at radius 2 is 1.83 bits per heavy atom. The van der Waals surface area contributed by atoms with E-state index in [0.29, 0.717) is 11.3 Å². The molecule has 0 unspecified atom stereocenters. The second kappa shape index (κ2) is 8.62. The number of hydrogen-bond acceptors (Lipinski definition) is 5. The molecular weight excluding hydrogens is 406 g/mol. The van der Waals surface area contributed by atoms with Crippen LogP contribution in [0.4, 0.5) is 5.69 Å². The molecule has 0 aliphatic carbocycles. The fourth-order valence-electron chi connectivity index (χ4n) is 2.88. The Morgan fingerprint density at radius 3 is 2.47 bits per heavy atom. The number of sulfonamides is 1. The van der Waals surface area contributed by atoms with E-state index in [1.807, 2.05) is 20.8 Å². The number of carboxylic acid groups (broad SMARTS) is 1. The highest BCUT2D eigenvalue weighted by molar-refractivity contribution is 7.92. The third-order valence-corrected chi connectivity index (χ3v) is 5.81. The molecule has 0 radical (unpaired) electrons. The van der Waals surface area contributed by atoms with Crippen molar-refractivity contribution >= 4 is 21.7 Å². The van der Waals surface area contributed by atoms with Crippen LogP contribution in [-0.4, -0.2) is 19.5 Å². The molecule has 158 valence electrons. The first-order valence-corrected chi connectivity index (χ1v) is 10.8. The Balaban J connectivity index is 1.83. The first-order valence-electron chi connectivity index (χ1n) is 9.33. The van der Waals surface area contributed by atoms with E-state index in [1.54, 1.807) is 36.4 Å². The molecule has 2 N–H and O–H groups in total. The van der Waals surface area contributed by atoms with Crippen molar-refractivity contribution in [1.29, 1.82) is 0 Å². The Bertz CT molecular complexity index is 1150. The van der Waals surface area contributed by atoms with Crippen LogP contribution in [-0.2, 0) is 16.6 Å². The summed E-state index contributed by atoms with van der Waals surface area (Å²) in [5.74, 6) is -0.659. The van der Waals surface area contributed by atoms with Crippen molar-refractivity contribution in [2.24, 2.45) is 0 Å². The molecule has 30 heavy (non-hydrogen) atoms. The maximum atomic E-state index is 12.9. The molecule has 1 aromatic heterocycles. The van der Waals surface area contributed by atoms with Gasteiger partial charge in [0, 0.05) is 5.56 Å². The van der Waals surface area contributed by atoms with Gasteiger partial charge in [-0.05, 0) is 54.3 Å². The zero-order chi connectivity index (χ0) is 21.9. The summed E-state index contributed by atoms with van der Waals surface area (Å²) in [7, 11) is -3.94. The van der Waals surface area contributed by atoms with Crippen LogP contribution in [0.15, 0.2) is 64.3 Å². The number of ether oxygens (including phenoxy) is 1. The lowest BCUT2D eigenvalue weighted by atomic mass is 10.1. The standard InChI is InChI=1S/C22H23NO6S/c1-14(2)18-10-11-28-22(18)30(26,27)23-19-9-4-15(3)12-20(19)29-13-16-5-7-17(8-6-16)21(24)25/h4-12,14,23H,13H2,1-3H3,(H,24,25). The molecule has 0 atom stereocenters. The van der Waals surface area contributed by atoms with E-state index in [0.717, 1.165) is 11.1 Å². The van der Waals surface area contributed by atoms with E-state index in [1.165, 1.54) is 18.4 Å². The molecule has 1 heterocycles. The summed E-state index contributed by atoms with van der Waals surface area (Å²) < 4.78 is 39.4. The monoisotopic (exact) mass is 429 g/mol. The second-order valence-corrected chi connectivity index (χ2v) is 8.80. The lowest BCUT2D eigenvalue weighted by molar-refractivity contribution is 0.0697. The number of benzene rings is 2. The van der Waals surface area contributed by atoms with Crippen LogP contribution in [0.2, 0.25) is 0 Å². The third-order valence-electron chi connectivity index (χ3n) is 4.50. The van der Waals surface area contributed by atoms with E-state index in [2.05, 4.69) is 4.72 Å². The van der Waals surface area contributed by atoms with Crippen molar-refractivity contribution in [3.05, 3.63) is 77.0 Å². The van der Waals surface area contributed by atoms with Crippen LogP contribution in [0.1, 0.15) is 46.8 Å². The van der Waals surface area contributed by atoms with Crippen LogP contribution in [0.5, 0.6) is 5.75 Å². The molecule has 3 rings (SSSR count). The van der Waals surface area contributed by atoms with Crippen molar-refractivity contribution in [1.82, 2.24) is 0 Å². The molecule has 3 aromatic rings. The van der Waals surface area contributed by atoms with Gasteiger partial charge in [0.15, 0.2) is 0 Å². The summed E-state index contributed by atoms with van der Waals surface area (Å²) in [6.45, 7) is 5.80. The molecule has 0 spiro atoms. The highest BCUT2D eigenvalue weighted by Gasteiger charge is 2.25. The topological polar surface area (TPSA) is 106 Å². The Kier molecular flexibility index (Phi) is 6.17. The van der Waals surface area contributed by atoms with E-state index < -0.39 is 16.0 Å². The predicted molar refractivity (Wildman–Crippen MR) is 113 cm³/mol. The fraction of sp³-hybridized carbons (Fsp3) is 0.227. The van der Waals surface area contributed by atoms with E-state index in [4.69, 9.17) is 14.3 Å². The van der Waals surface area contributed by atoms with Crippen LogP contribution in [0, 0.1) is 6.92 Å². The molecule has 0 aliphatic rings. The maximum absolute atomic E-state index is 12.9. The molecule has 0 saturated carbocycles. The number of furan rings is 1. The lowest BCUT2D eigenvalue weighted by Gasteiger charge is -2.15. The number of aryl methyl sites for hydroxylation is 1. The third kappa shape index (κ3) is 4.83. The Hall–Kier alpha value is -3.26. The molecule has 0 amide bonds. The van der Waals surface area contributed by atoms with Gasteiger partial charge in [-0.2, -0.15) is 8.42 Å². The van der Waals surface area contributed by atoms with E-state index in [9.17, 15) is 13.2 Å². The molecular formula is C22H23NO6S. The van der Waals surface area contributed by atoms with Gasteiger partial charge in [0.1, 0.15) is 12.4 Å². The first-order chi connectivity index (χ1) is 14.2. The fourth-order valence-corrected chi connectivity index (χ4v) is 4.23. The number of carbonyl (C=O) groups is 1. The minimum atomic E-state index is -3.94. The molecule has 7 nitrogen and oxygen atoms in total. The quantitative estimate of drug-likeness (QED) is 0.533. The number of rotatable bonds is 8. The summed E-state index contributed by atoms with van der Waals surface area (Å²) in [5, 5.41) is 8.87. The average Bonchev–Trinajstić information content (AvgIpc) is 3.20. The number of aromatic carboxylic acids is 1.